The molecule has 1 aliphatic rings. The van der Waals surface area contributed by atoms with Crippen molar-refractivity contribution < 1.29 is 4.79 Å². The third-order valence-electron chi connectivity index (χ3n) is 5.30. The second-order valence-electron chi connectivity index (χ2n) is 7.89. The molecule has 5 nitrogen and oxygen atoms in total. The number of nitrogens with one attached hydrogen (secondary N) is 1. The van der Waals surface area contributed by atoms with Gasteiger partial charge in [0.25, 0.3) is 5.91 Å². The zero-order chi connectivity index (χ0) is 22.1. The summed E-state index contributed by atoms with van der Waals surface area (Å²) in [6.07, 6.45) is 1.95. The van der Waals surface area contributed by atoms with Crippen molar-refractivity contribution in [3.05, 3.63) is 82.0 Å². The van der Waals surface area contributed by atoms with Gasteiger partial charge in [0.2, 0.25) is 0 Å². The lowest BCUT2D eigenvalue weighted by Crippen LogP contribution is -2.19. The average molecular weight is 431 g/mol. The number of aromatic nitrogens is 1. The van der Waals surface area contributed by atoms with E-state index < -0.39 is 0 Å². The number of carbonyl (C=O) groups excluding carboxylic acids is 1. The molecule has 1 fully saturated rings. The Balaban J connectivity index is 1.61. The Bertz CT molecular complexity index is 1190. The van der Waals surface area contributed by atoms with E-state index in [4.69, 9.17) is 0 Å². The lowest BCUT2D eigenvalue weighted by molar-refractivity contribution is -0.115. The van der Waals surface area contributed by atoms with Crippen LogP contribution in [0.3, 0.4) is 0 Å². The predicted octanol–water partition coefficient (Wildman–Crippen LogP) is 5.36. The van der Waals surface area contributed by atoms with E-state index in [0.717, 1.165) is 34.0 Å². The van der Waals surface area contributed by atoms with Crippen molar-refractivity contribution in [2.24, 2.45) is 4.99 Å². The molecule has 6 heteroatoms. The summed E-state index contributed by atoms with van der Waals surface area (Å²) in [5.41, 5.74) is 7.53. The van der Waals surface area contributed by atoms with Gasteiger partial charge in [0.15, 0.2) is 5.17 Å². The molecule has 2 heterocycles. The molecule has 0 unspecified atom stereocenters. The Morgan fingerprint density at radius 3 is 2.32 bits per heavy atom. The fourth-order valence-electron chi connectivity index (χ4n) is 3.59. The van der Waals surface area contributed by atoms with Crippen molar-refractivity contribution in [2.45, 2.75) is 20.8 Å². The van der Waals surface area contributed by atoms with Crippen LogP contribution in [0.5, 0.6) is 0 Å². The van der Waals surface area contributed by atoms with Crippen molar-refractivity contribution in [3.8, 4) is 5.69 Å². The number of amides is 1. The Hall–Kier alpha value is -3.25. The molecular formula is C25H26N4OS. The van der Waals surface area contributed by atoms with Gasteiger partial charge in [-0.25, -0.2) is 4.99 Å². The van der Waals surface area contributed by atoms with Gasteiger partial charge < -0.3 is 14.8 Å². The fourth-order valence-corrected chi connectivity index (χ4v) is 4.42. The Morgan fingerprint density at radius 2 is 1.68 bits per heavy atom. The maximum Gasteiger partial charge on any atom is 0.264 e. The van der Waals surface area contributed by atoms with Gasteiger partial charge in [-0.15, -0.1) is 0 Å². The number of nitrogens with zero attached hydrogens (tertiary/aromatic N) is 3. The highest BCUT2D eigenvalue weighted by Crippen LogP contribution is 2.31. The van der Waals surface area contributed by atoms with Crippen molar-refractivity contribution in [1.29, 1.82) is 0 Å². The number of thioether (sulfide) groups is 1. The van der Waals surface area contributed by atoms with Gasteiger partial charge >= 0.3 is 0 Å². The summed E-state index contributed by atoms with van der Waals surface area (Å²) in [7, 11) is 4.07. The summed E-state index contributed by atoms with van der Waals surface area (Å²) in [6, 6.07) is 18.5. The minimum Gasteiger partial charge on any atom is -0.378 e. The topological polar surface area (TPSA) is 49.6 Å². The lowest BCUT2D eigenvalue weighted by atomic mass is 10.2. The first-order valence-corrected chi connectivity index (χ1v) is 11.0. The second-order valence-corrected chi connectivity index (χ2v) is 8.92. The number of rotatable bonds is 4. The third-order valence-corrected chi connectivity index (χ3v) is 6.21. The Morgan fingerprint density at radius 1 is 1.00 bits per heavy atom. The van der Waals surface area contributed by atoms with Gasteiger partial charge in [-0.1, -0.05) is 17.7 Å². The van der Waals surface area contributed by atoms with E-state index in [0.29, 0.717) is 10.1 Å². The van der Waals surface area contributed by atoms with Crippen molar-refractivity contribution in [1.82, 2.24) is 9.88 Å². The maximum atomic E-state index is 12.5. The summed E-state index contributed by atoms with van der Waals surface area (Å²) in [6.45, 7) is 6.20. The van der Waals surface area contributed by atoms with Crippen molar-refractivity contribution in [3.63, 3.8) is 0 Å². The monoisotopic (exact) mass is 430 g/mol. The number of anilines is 1. The first kappa shape index (κ1) is 21.0. The molecule has 2 aromatic carbocycles. The summed E-state index contributed by atoms with van der Waals surface area (Å²) in [4.78, 5) is 19.8. The Kier molecular flexibility index (Phi) is 5.74. The molecule has 31 heavy (non-hydrogen) atoms. The highest BCUT2D eigenvalue weighted by molar-refractivity contribution is 8.18. The minimum atomic E-state index is -0.115. The van der Waals surface area contributed by atoms with E-state index in [-0.39, 0.29) is 5.91 Å². The predicted molar refractivity (Wildman–Crippen MR) is 132 cm³/mol. The normalized spacial score (nSPS) is 16.2. The van der Waals surface area contributed by atoms with Crippen LogP contribution < -0.4 is 10.2 Å². The molecular weight excluding hydrogens is 404 g/mol. The first-order valence-electron chi connectivity index (χ1n) is 10.1. The van der Waals surface area contributed by atoms with E-state index in [9.17, 15) is 4.79 Å². The molecule has 4 rings (SSSR count). The number of hydrogen-bond donors (Lipinski definition) is 1. The lowest BCUT2D eigenvalue weighted by Gasteiger charge is -2.14. The highest BCUT2D eigenvalue weighted by Gasteiger charge is 2.24. The van der Waals surface area contributed by atoms with Gasteiger partial charge in [-0.3, -0.25) is 4.79 Å². The van der Waals surface area contributed by atoms with Gasteiger partial charge in [-0.05, 0) is 86.6 Å². The van der Waals surface area contributed by atoms with E-state index in [2.05, 4.69) is 64.0 Å². The standard InChI is InChI=1S/C25H26N4OS/c1-16-6-8-20(9-7-16)26-25-27-24(30)23(31-25)15-19-14-17(2)29(18(19)3)22-12-10-21(11-13-22)28(4)5/h6-15H,1-5H3,(H,26,27,30)/b23-15-. The number of carbonyl (C=O) groups is 1. The number of benzene rings is 2. The summed E-state index contributed by atoms with van der Waals surface area (Å²) < 4.78 is 2.21. The molecule has 1 saturated heterocycles. The highest BCUT2D eigenvalue weighted by atomic mass is 32.2. The SMILES string of the molecule is Cc1ccc(N=C2NC(=O)/C(=C/c3cc(C)n(-c4ccc(N(C)C)cc4)c3C)S2)cc1. The Labute approximate surface area is 187 Å². The van der Waals surface area contributed by atoms with Crippen molar-refractivity contribution >= 4 is 40.3 Å². The molecule has 1 N–H and O–H groups in total. The van der Waals surface area contributed by atoms with Crippen LogP contribution in [0.15, 0.2) is 64.5 Å². The molecule has 1 amide bonds. The van der Waals surface area contributed by atoms with Crippen LogP contribution in [0.1, 0.15) is 22.5 Å². The van der Waals surface area contributed by atoms with Crippen LogP contribution in [0.4, 0.5) is 11.4 Å². The van der Waals surface area contributed by atoms with Gasteiger partial charge in [-0.2, -0.15) is 0 Å². The van der Waals surface area contributed by atoms with Crippen LogP contribution in [0.2, 0.25) is 0 Å². The fraction of sp³-hybridized carbons (Fsp3) is 0.200. The molecule has 1 aliphatic heterocycles. The summed E-state index contributed by atoms with van der Waals surface area (Å²) >= 11 is 1.37. The molecule has 0 bridgehead atoms. The number of aryl methyl sites for hydroxylation is 2. The van der Waals surface area contributed by atoms with Crippen LogP contribution in [-0.4, -0.2) is 29.7 Å². The molecule has 3 aromatic rings. The number of hydrogen-bond acceptors (Lipinski definition) is 4. The third kappa shape index (κ3) is 4.44. The van der Waals surface area contributed by atoms with E-state index in [1.807, 2.05) is 51.4 Å². The molecule has 0 radical (unpaired) electrons. The molecule has 1 aromatic heterocycles. The van der Waals surface area contributed by atoms with E-state index in [1.54, 1.807) is 0 Å². The van der Waals surface area contributed by atoms with E-state index in [1.165, 1.54) is 17.3 Å². The van der Waals surface area contributed by atoms with Crippen LogP contribution in [0, 0.1) is 20.8 Å². The smallest absolute Gasteiger partial charge is 0.264 e. The molecule has 0 atom stereocenters. The second kappa shape index (κ2) is 8.47. The molecule has 0 spiro atoms. The van der Waals surface area contributed by atoms with Crippen LogP contribution in [-0.2, 0) is 4.79 Å². The minimum absolute atomic E-state index is 0.115. The maximum absolute atomic E-state index is 12.5. The molecule has 0 aliphatic carbocycles. The zero-order valence-electron chi connectivity index (χ0n) is 18.4. The van der Waals surface area contributed by atoms with Gasteiger partial charge in [0.05, 0.1) is 10.6 Å². The molecule has 0 saturated carbocycles. The van der Waals surface area contributed by atoms with Crippen LogP contribution in [0.25, 0.3) is 11.8 Å². The summed E-state index contributed by atoms with van der Waals surface area (Å²) in [5, 5.41) is 3.48. The van der Waals surface area contributed by atoms with E-state index >= 15 is 0 Å². The van der Waals surface area contributed by atoms with Crippen LogP contribution >= 0.6 is 11.8 Å². The first-order chi connectivity index (χ1) is 14.8. The average Bonchev–Trinajstić information content (AvgIpc) is 3.22. The van der Waals surface area contributed by atoms with Crippen molar-refractivity contribution in [2.75, 3.05) is 19.0 Å². The zero-order valence-corrected chi connectivity index (χ0v) is 19.2. The number of amidine groups is 1. The van der Waals surface area contributed by atoms with Gasteiger partial charge in [0, 0.05) is 36.9 Å². The number of aliphatic imine (C=N–C) groups is 1. The quantitative estimate of drug-likeness (QED) is 0.567. The van der Waals surface area contributed by atoms with Gasteiger partial charge in [0.1, 0.15) is 0 Å². The molecule has 158 valence electrons. The largest absolute Gasteiger partial charge is 0.378 e. The summed E-state index contributed by atoms with van der Waals surface area (Å²) in [5.74, 6) is -0.115.